The minimum absolute atomic E-state index is 0.00806. The Kier molecular flexibility index (Phi) is 4.94. The fourth-order valence-corrected chi connectivity index (χ4v) is 1.43. The molecule has 0 aromatic carbocycles. The molecule has 0 aliphatic carbocycles. The standard InChI is InChI=1S/C7H15NO4S/c1-3-8(6-7(9)10)4-5-13(2,11)12/h3-6H2,1-2H3,(H,9,10). The van der Waals surface area contributed by atoms with Gasteiger partial charge in [0.15, 0.2) is 0 Å². The molecule has 0 rings (SSSR count). The summed E-state index contributed by atoms with van der Waals surface area (Å²) in [7, 11) is -3.00. The van der Waals surface area contributed by atoms with Crippen molar-refractivity contribution in [3.63, 3.8) is 0 Å². The number of aliphatic carboxylic acids is 1. The average molecular weight is 209 g/mol. The number of carboxylic acids is 1. The molecule has 0 fully saturated rings. The Morgan fingerprint density at radius 3 is 2.31 bits per heavy atom. The predicted octanol–water partition coefficient (Wildman–Crippen LogP) is -0.562. The van der Waals surface area contributed by atoms with E-state index in [0.29, 0.717) is 6.54 Å². The number of hydrogen-bond donors (Lipinski definition) is 1. The Morgan fingerprint density at radius 2 is 2.00 bits per heavy atom. The fourth-order valence-electron chi connectivity index (χ4n) is 0.835. The molecule has 78 valence electrons. The minimum atomic E-state index is -3.00. The third-order valence-corrected chi connectivity index (χ3v) is 2.51. The van der Waals surface area contributed by atoms with Gasteiger partial charge < -0.3 is 5.11 Å². The summed E-state index contributed by atoms with van der Waals surface area (Å²) in [4.78, 5) is 11.9. The minimum Gasteiger partial charge on any atom is -0.480 e. The molecular weight excluding hydrogens is 194 g/mol. The predicted molar refractivity (Wildman–Crippen MR) is 49.5 cm³/mol. The molecule has 0 aliphatic heterocycles. The number of carboxylic acid groups (broad SMARTS) is 1. The summed E-state index contributed by atoms with van der Waals surface area (Å²) in [5, 5.41) is 8.45. The van der Waals surface area contributed by atoms with Crippen LogP contribution in [-0.4, -0.2) is 56.0 Å². The topological polar surface area (TPSA) is 74.7 Å². The van der Waals surface area contributed by atoms with Gasteiger partial charge in [-0.3, -0.25) is 9.69 Å². The summed E-state index contributed by atoms with van der Waals surface area (Å²) in [5.41, 5.74) is 0. The van der Waals surface area contributed by atoms with E-state index in [2.05, 4.69) is 0 Å². The number of rotatable bonds is 6. The highest BCUT2D eigenvalue weighted by atomic mass is 32.2. The maximum atomic E-state index is 10.8. The van der Waals surface area contributed by atoms with Gasteiger partial charge in [0.25, 0.3) is 0 Å². The molecular formula is C7H15NO4S. The Balaban J connectivity index is 3.93. The third-order valence-electron chi connectivity index (χ3n) is 1.58. The lowest BCUT2D eigenvalue weighted by Crippen LogP contribution is -2.33. The van der Waals surface area contributed by atoms with E-state index in [9.17, 15) is 13.2 Å². The highest BCUT2D eigenvalue weighted by molar-refractivity contribution is 7.90. The van der Waals surface area contributed by atoms with Crippen molar-refractivity contribution in [2.24, 2.45) is 0 Å². The first-order valence-electron chi connectivity index (χ1n) is 3.97. The Labute approximate surface area is 78.3 Å². The van der Waals surface area contributed by atoms with Crippen LogP contribution in [0.25, 0.3) is 0 Å². The van der Waals surface area contributed by atoms with Crippen molar-refractivity contribution in [1.82, 2.24) is 4.90 Å². The van der Waals surface area contributed by atoms with Gasteiger partial charge in [0.2, 0.25) is 0 Å². The zero-order chi connectivity index (χ0) is 10.5. The van der Waals surface area contributed by atoms with Crippen LogP contribution in [0.3, 0.4) is 0 Å². The second-order valence-electron chi connectivity index (χ2n) is 2.89. The lowest BCUT2D eigenvalue weighted by molar-refractivity contribution is -0.138. The molecule has 0 bridgehead atoms. The smallest absolute Gasteiger partial charge is 0.317 e. The van der Waals surface area contributed by atoms with Crippen molar-refractivity contribution in [2.75, 3.05) is 31.6 Å². The first-order chi connectivity index (χ1) is 5.85. The van der Waals surface area contributed by atoms with Crippen molar-refractivity contribution in [3.05, 3.63) is 0 Å². The molecule has 0 aliphatic rings. The van der Waals surface area contributed by atoms with Gasteiger partial charge in [0.1, 0.15) is 9.84 Å². The van der Waals surface area contributed by atoms with Gasteiger partial charge in [0, 0.05) is 12.8 Å². The summed E-state index contributed by atoms with van der Waals surface area (Å²) in [5.74, 6) is -0.927. The van der Waals surface area contributed by atoms with Crippen LogP contribution in [0.5, 0.6) is 0 Å². The van der Waals surface area contributed by atoms with Crippen molar-refractivity contribution >= 4 is 15.8 Å². The van der Waals surface area contributed by atoms with Crippen molar-refractivity contribution < 1.29 is 18.3 Å². The molecule has 0 saturated carbocycles. The fraction of sp³-hybridized carbons (Fsp3) is 0.857. The first kappa shape index (κ1) is 12.4. The number of sulfone groups is 1. The van der Waals surface area contributed by atoms with E-state index in [4.69, 9.17) is 5.11 Å². The maximum absolute atomic E-state index is 10.8. The van der Waals surface area contributed by atoms with E-state index in [1.807, 2.05) is 0 Å². The lowest BCUT2D eigenvalue weighted by atomic mass is 10.5. The van der Waals surface area contributed by atoms with Crippen LogP contribution in [0.4, 0.5) is 0 Å². The summed E-state index contributed by atoms with van der Waals surface area (Å²) >= 11 is 0. The first-order valence-corrected chi connectivity index (χ1v) is 6.03. The van der Waals surface area contributed by atoms with Crippen molar-refractivity contribution in [1.29, 1.82) is 0 Å². The molecule has 0 heterocycles. The van der Waals surface area contributed by atoms with Gasteiger partial charge in [-0.05, 0) is 6.54 Å². The van der Waals surface area contributed by atoms with Gasteiger partial charge in [-0.25, -0.2) is 8.42 Å². The molecule has 0 atom stereocenters. The molecule has 13 heavy (non-hydrogen) atoms. The molecule has 0 spiro atoms. The highest BCUT2D eigenvalue weighted by Crippen LogP contribution is 1.90. The van der Waals surface area contributed by atoms with Crippen LogP contribution in [0.2, 0.25) is 0 Å². The van der Waals surface area contributed by atoms with E-state index >= 15 is 0 Å². The Bertz CT molecular complexity index is 260. The van der Waals surface area contributed by atoms with Crippen LogP contribution in [0, 0.1) is 0 Å². The van der Waals surface area contributed by atoms with E-state index in [-0.39, 0.29) is 18.8 Å². The maximum Gasteiger partial charge on any atom is 0.317 e. The second kappa shape index (κ2) is 5.18. The van der Waals surface area contributed by atoms with Crippen LogP contribution < -0.4 is 0 Å². The second-order valence-corrected chi connectivity index (χ2v) is 5.15. The lowest BCUT2D eigenvalue weighted by Gasteiger charge is -2.16. The Morgan fingerprint density at radius 1 is 1.46 bits per heavy atom. The molecule has 0 aromatic rings. The number of nitrogens with zero attached hydrogens (tertiary/aromatic N) is 1. The number of carbonyl (C=O) groups is 1. The number of hydrogen-bond acceptors (Lipinski definition) is 4. The zero-order valence-electron chi connectivity index (χ0n) is 7.86. The van der Waals surface area contributed by atoms with Crippen LogP contribution in [0.1, 0.15) is 6.92 Å². The summed E-state index contributed by atoms with van der Waals surface area (Å²) in [6.45, 7) is 2.51. The monoisotopic (exact) mass is 209 g/mol. The quantitative estimate of drug-likeness (QED) is 0.634. The van der Waals surface area contributed by atoms with E-state index in [1.54, 1.807) is 11.8 Å². The summed E-state index contributed by atoms with van der Waals surface area (Å²) in [6.07, 6.45) is 1.14. The van der Waals surface area contributed by atoms with E-state index in [0.717, 1.165) is 6.26 Å². The van der Waals surface area contributed by atoms with Gasteiger partial charge in [-0.1, -0.05) is 6.92 Å². The summed E-state index contributed by atoms with van der Waals surface area (Å²) in [6, 6.07) is 0. The number of likely N-dealkylation sites (N-methyl/N-ethyl adjacent to an activating group) is 1. The molecule has 1 N–H and O–H groups in total. The normalized spacial score (nSPS) is 11.9. The molecule has 5 nitrogen and oxygen atoms in total. The largest absolute Gasteiger partial charge is 0.480 e. The van der Waals surface area contributed by atoms with Gasteiger partial charge in [0.05, 0.1) is 12.3 Å². The average Bonchev–Trinajstić information content (AvgIpc) is 1.95. The third kappa shape index (κ3) is 7.73. The van der Waals surface area contributed by atoms with Gasteiger partial charge in [-0.15, -0.1) is 0 Å². The van der Waals surface area contributed by atoms with Crippen LogP contribution in [-0.2, 0) is 14.6 Å². The SMILES string of the molecule is CCN(CCS(C)(=O)=O)CC(=O)O. The molecule has 0 unspecified atom stereocenters. The van der Waals surface area contributed by atoms with Crippen LogP contribution >= 0.6 is 0 Å². The highest BCUT2D eigenvalue weighted by Gasteiger charge is 2.10. The van der Waals surface area contributed by atoms with Crippen LogP contribution in [0.15, 0.2) is 0 Å². The van der Waals surface area contributed by atoms with Crippen molar-refractivity contribution in [2.45, 2.75) is 6.92 Å². The molecule has 0 saturated heterocycles. The molecule has 6 heteroatoms. The van der Waals surface area contributed by atoms with E-state index in [1.165, 1.54) is 0 Å². The van der Waals surface area contributed by atoms with Gasteiger partial charge >= 0.3 is 5.97 Å². The van der Waals surface area contributed by atoms with E-state index < -0.39 is 15.8 Å². The molecule has 0 radical (unpaired) electrons. The van der Waals surface area contributed by atoms with Gasteiger partial charge in [-0.2, -0.15) is 0 Å². The Hall–Kier alpha value is -0.620. The molecule has 0 amide bonds. The molecule has 0 aromatic heterocycles. The van der Waals surface area contributed by atoms with Crippen molar-refractivity contribution in [3.8, 4) is 0 Å². The zero-order valence-corrected chi connectivity index (χ0v) is 8.67. The summed E-state index contributed by atoms with van der Waals surface area (Å²) < 4.78 is 21.5.